The van der Waals surface area contributed by atoms with Gasteiger partial charge < -0.3 is 15.2 Å². The van der Waals surface area contributed by atoms with Crippen LogP contribution in [-0.2, 0) is 9.53 Å². The van der Waals surface area contributed by atoms with Crippen LogP contribution in [0.3, 0.4) is 0 Å². The molecule has 0 aliphatic carbocycles. The van der Waals surface area contributed by atoms with Gasteiger partial charge in [0.15, 0.2) is 0 Å². The lowest BCUT2D eigenvalue weighted by atomic mass is 10.1. The second kappa shape index (κ2) is 5.23. The minimum Gasteiger partial charge on any atom is -0.497 e. The van der Waals surface area contributed by atoms with E-state index in [0.29, 0.717) is 11.3 Å². The van der Waals surface area contributed by atoms with Crippen molar-refractivity contribution in [3.63, 3.8) is 0 Å². The second-order valence-corrected chi connectivity index (χ2v) is 4.35. The van der Waals surface area contributed by atoms with Gasteiger partial charge in [0, 0.05) is 5.56 Å². The number of methoxy groups -OCH3 is 1. The maximum absolute atomic E-state index is 12.1. The van der Waals surface area contributed by atoms with E-state index in [4.69, 9.17) is 15.2 Å². The minimum atomic E-state index is -0.689. The van der Waals surface area contributed by atoms with E-state index in [9.17, 15) is 9.59 Å². The zero-order valence-corrected chi connectivity index (χ0v) is 11.4. The molecule has 7 heteroatoms. The Morgan fingerprint density at radius 2 is 2.00 bits per heavy atom. The fourth-order valence-electron chi connectivity index (χ4n) is 1.43. The molecule has 1 aromatic rings. The standard InChI is InChI=1S/C12H9BrN2O4/c1-18-7-4-2-6(3-5-7)9(16)8(13)10-11(17)15-12(14)19-10/h2-5H,1H3,(H2,14,15,17)/b10-8+. The van der Waals surface area contributed by atoms with Gasteiger partial charge in [-0.2, -0.15) is 4.99 Å². The first kappa shape index (κ1) is 13.3. The van der Waals surface area contributed by atoms with Crippen LogP contribution < -0.4 is 10.5 Å². The van der Waals surface area contributed by atoms with Crippen LogP contribution in [0.15, 0.2) is 39.5 Å². The number of amides is 1. The predicted molar refractivity (Wildman–Crippen MR) is 71.0 cm³/mol. The number of ketones is 1. The number of rotatable bonds is 3. The Morgan fingerprint density at radius 3 is 2.47 bits per heavy atom. The number of amidine groups is 1. The molecule has 0 saturated heterocycles. The quantitative estimate of drug-likeness (QED) is 0.669. The molecule has 1 heterocycles. The molecule has 1 amide bonds. The molecule has 2 N–H and O–H groups in total. The number of aliphatic imine (C=N–C) groups is 1. The fourth-order valence-corrected chi connectivity index (χ4v) is 1.91. The van der Waals surface area contributed by atoms with Gasteiger partial charge in [-0.1, -0.05) is 0 Å². The third kappa shape index (κ3) is 2.65. The van der Waals surface area contributed by atoms with Crippen LogP contribution in [0.4, 0.5) is 0 Å². The highest BCUT2D eigenvalue weighted by Gasteiger charge is 2.27. The van der Waals surface area contributed by atoms with Gasteiger partial charge in [0.25, 0.3) is 6.02 Å². The summed E-state index contributed by atoms with van der Waals surface area (Å²) in [7, 11) is 1.53. The monoisotopic (exact) mass is 324 g/mol. The molecule has 1 aromatic carbocycles. The van der Waals surface area contributed by atoms with E-state index in [2.05, 4.69) is 20.9 Å². The summed E-state index contributed by atoms with van der Waals surface area (Å²) in [5.41, 5.74) is 5.63. The van der Waals surface area contributed by atoms with Gasteiger partial charge in [0.05, 0.1) is 7.11 Å². The number of carbonyl (C=O) groups excluding carboxylic acids is 2. The molecule has 98 valence electrons. The number of carbonyl (C=O) groups is 2. The lowest BCUT2D eigenvalue weighted by Gasteiger charge is -2.04. The number of benzene rings is 1. The van der Waals surface area contributed by atoms with Crippen LogP contribution in [0.25, 0.3) is 0 Å². The molecule has 1 aliphatic heterocycles. The number of ether oxygens (including phenoxy) is 2. The Hall–Kier alpha value is -2.15. The van der Waals surface area contributed by atoms with Gasteiger partial charge in [-0.05, 0) is 40.2 Å². The van der Waals surface area contributed by atoms with E-state index in [1.165, 1.54) is 7.11 Å². The Balaban J connectivity index is 2.29. The van der Waals surface area contributed by atoms with Gasteiger partial charge in [-0.3, -0.25) is 9.59 Å². The lowest BCUT2D eigenvalue weighted by molar-refractivity contribution is -0.115. The van der Waals surface area contributed by atoms with Crippen LogP contribution in [0, 0.1) is 0 Å². The first-order valence-electron chi connectivity index (χ1n) is 5.18. The van der Waals surface area contributed by atoms with Gasteiger partial charge in [-0.15, -0.1) is 0 Å². The summed E-state index contributed by atoms with van der Waals surface area (Å²) in [6, 6.07) is 6.15. The van der Waals surface area contributed by atoms with Gasteiger partial charge in [0.1, 0.15) is 10.2 Å². The molecule has 0 aromatic heterocycles. The van der Waals surface area contributed by atoms with Crippen LogP contribution in [-0.4, -0.2) is 24.8 Å². The third-order valence-electron chi connectivity index (χ3n) is 2.36. The summed E-state index contributed by atoms with van der Waals surface area (Å²) in [4.78, 5) is 26.9. The highest BCUT2D eigenvalue weighted by atomic mass is 79.9. The van der Waals surface area contributed by atoms with Crippen molar-refractivity contribution >= 4 is 33.6 Å². The van der Waals surface area contributed by atoms with Crippen molar-refractivity contribution in [2.45, 2.75) is 0 Å². The number of hydrogen-bond donors (Lipinski definition) is 1. The number of halogens is 1. The van der Waals surface area contributed by atoms with Crippen molar-refractivity contribution in [1.29, 1.82) is 0 Å². The molecule has 0 atom stereocenters. The summed E-state index contributed by atoms with van der Waals surface area (Å²) in [5.74, 6) is -0.679. The largest absolute Gasteiger partial charge is 0.497 e. The van der Waals surface area contributed by atoms with Crippen molar-refractivity contribution in [3.05, 3.63) is 40.1 Å². The highest BCUT2D eigenvalue weighted by molar-refractivity contribution is 9.12. The van der Waals surface area contributed by atoms with Crippen LogP contribution in [0.5, 0.6) is 5.75 Å². The van der Waals surface area contributed by atoms with Gasteiger partial charge in [-0.25, -0.2) is 0 Å². The van der Waals surface area contributed by atoms with E-state index in [1.807, 2.05) is 0 Å². The van der Waals surface area contributed by atoms with Crippen LogP contribution >= 0.6 is 15.9 Å². The summed E-state index contributed by atoms with van der Waals surface area (Å²) < 4.78 is 9.86. The van der Waals surface area contributed by atoms with Crippen molar-refractivity contribution in [2.75, 3.05) is 7.11 Å². The molecule has 0 radical (unpaired) electrons. The summed E-state index contributed by atoms with van der Waals surface area (Å²) in [6.07, 6.45) is 0. The molecule has 0 spiro atoms. The normalized spacial score (nSPS) is 16.7. The average molecular weight is 325 g/mol. The number of hydrogen-bond acceptors (Lipinski definition) is 5. The van der Waals surface area contributed by atoms with Crippen molar-refractivity contribution < 1.29 is 19.1 Å². The molecule has 19 heavy (non-hydrogen) atoms. The molecule has 2 rings (SSSR count). The first-order chi connectivity index (χ1) is 9.02. The fraction of sp³-hybridized carbons (Fsp3) is 0.0833. The topological polar surface area (TPSA) is 91.0 Å². The van der Waals surface area contributed by atoms with Crippen molar-refractivity contribution in [1.82, 2.24) is 0 Å². The molecule has 0 fully saturated rings. The van der Waals surface area contributed by atoms with E-state index < -0.39 is 11.7 Å². The number of nitrogens with two attached hydrogens (primary N) is 1. The zero-order chi connectivity index (χ0) is 14.0. The van der Waals surface area contributed by atoms with Crippen LogP contribution in [0.2, 0.25) is 0 Å². The first-order valence-corrected chi connectivity index (χ1v) is 5.97. The highest BCUT2D eigenvalue weighted by Crippen LogP contribution is 2.24. The Morgan fingerprint density at radius 1 is 1.37 bits per heavy atom. The number of allylic oxidation sites excluding steroid dienone is 1. The second-order valence-electron chi connectivity index (χ2n) is 3.56. The van der Waals surface area contributed by atoms with E-state index >= 15 is 0 Å². The molecule has 6 nitrogen and oxygen atoms in total. The molecule has 0 unspecified atom stereocenters. The van der Waals surface area contributed by atoms with E-state index in [-0.39, 0.29) is 16.3 Å². The predicted octanol–water partition coefficient (Wildman–Crippen LogP) is 1.36. The Bertz CT molecular complexity index is 605. The third-order valence-corrected chi connectivity index (χ3v) is 3.08. The Labute approximate surface area is 117 Å². The lowest BCUT2D eigenvalue weighted by Crippen LogP contribution is -2.12. The van der Waals surface area contributed by atoms with E-state index in [1.54, 1.807) is 24.3 Å². The smallest absolute Gasteiger partial charge is 0.318 e. The molecule has 1 aliphatic rings. The summed E-state index contributed by atoms with van der Waals surface area (Å²) >= 11 is 3.03. The van der Waals surface area contributed by atoms with Gasteiger partial charge in [0.2, 0.25) is 11.5 Å². The summed E-state index contributed by atoms with van der Waals surface area (Å²) in [5, 5.41) is 0. The molecule has 0 bridgehead atoms. The number of Topliss-reactive ketones (excluding diaryl/α,β-unsaturated/α-hetero) is 1. The van der Waals surface area contributed by atoms with Gasteiger partial charge >= 0.3 is 5.91 Å². The minimum absolute atomic E-state index is 0.0214. The molecular weight excluding hydrogens is 316 g/mol. The SMILES string of the molecule is COc1ccc(C(=O)/C(Br)=C2\OC(N)=NC2=O)cc1. The van der Waals surface area contributed by atoms with Crippen molar-refractivity contribution in [3.8, 4) is 5.75 Å². The van der Waals surface area contributed by atoms with E-state index in [0.717, 1.165) is 0 Å². The number of nitrogens with zero attached hydrogens (tertiary/aromatic N) is 1. The average Bonchev–Trinajstić information content (AvgIpc) is 2.76. The maximum atomic E-state index is 12.1. The summed E-state index contributed by atoms with van der Waals surface area (Å²) in [6.45, 7) is 0. The molecular formula is C12H9BrN2O4. The maximum Gasteiger partial charge on any atom is 0.318 e. The molecule has 0 saturated carbocycles. The van der Waals surface area contributed by atoms with Crippen LogP contribution in [0.1, 0.15) is 10.4 Å². The zero-order valence-electron chi connectivity index (χ0n) is 9.84. The Kier molecular flexibility index (Phi) is 3.66. The van der Waals surface area contributed by atoms with Crippen molar-refractivity contribution in [2.24, 2.45) is 10.7 Å².